The lowest BCUT2D eigenvalue weighted by molar-refractivity contribution is -0.164. The number of carbonyl (C=O) groups is 1. The molecular formula is C12H21F3N2O. The van der Waals surface area contributed by atoms with Crippen LogP contribution in [0.2, 0.25) is 0 Å². The topological polar surface area (TPSA) is 46.3 Å². The molecule has 0 spiro atoms. The molecule has 1 aliphatic carbocycles. The molecule has 3 nitrogen and oxygen atoms in total. The summed E-state index contributed by atoms with van der Waals surface area (Å²) in [5.74, 6) is -0.689. The highest BCUT2D eigenvalue weighted by atomic mass is 19.4. The lowest BCUT2D eigenvalue weighted by Crippen LogP contribution is -2.48. The fourth-order valence-electron chi connectivity index (χ4n) is 2.74. The van der Waals surface area contributed by atoms with Crippen molar-refractivity contribution in [3.63, 3.8) is 0 Å². The van der Waals surface area contributed by atoms with E-state index in [0.717, 1.165) is 25.7 Å². The van der Waals surface area contributed by atoms with Crippen molar-refractivity contribution in [2.24, 2.45) is 11.7 Å². The molecule has 1 saturated carbocycles. The summed E-state index contributed by atoms with van der Waals surface area (Å²) in [6.45, 7) is 2.47. The maximum atomic E-state index is 12.3. The SMILES string of the molecule is CCN(C(=O)CC(F)(F)F)C1CCCCC1CN. The van der Waals surface area contributed by atoms with E-state index in [1.807, 2.05) is 0 Å². The summed E-state index contributed by atoms with van der Waals surface area (Å²) in [5, 5.41) is 0. The van der Waals surface area contributed by atoms with Crippen LogP contribution in [-0.4, -0.2) is 36.1 Å². The van der Waals surface area contributed by atoms with E-state index in [2.05, 4.69) is 0 Å². The number of amides is 1. The molecule has 1 fully saturated rings. The molecule has 2 N–H and O–H groups in total. The quantitative estimate of drug-likeness (QED) is 0.848. The summed E-state index contributed by atoms with van der Waals surface area (Å²) in [5.41, 5.74) is 5.65. The van der Waals surface area contributed by atoms with Gasteiger partial charge in [0.2, 0.25) is 5.91 Å². The number of nitrogens with zero attached hydrogens (tertiary/aromatic N) is 1. The van der Waals surface area contributed by atoms with Crippen LogP contribution in [0.1, 0.15) is 39.0 Å². The third-order valence-corrected chi connectivity index (χ3v) is 3.58. The number of nitrogens with two attached hydrogens (primary N) is 1. The average Bonchev–Trinajstić information content (AvgIpc) is 2.28. The highest BCUT2D eigenvalue weighted by molar-refractivity contribution is 5.77. The molecule has 0 heterocycles. The van der Waals surface area contributed by atoms with Crippen molar-refractivity contribution in [2.45, 2.75) is 51.2 Å². The van der Waals surface area contributed by atoms with Crippen LogP contribution in [-0.2, 0) is 4.79 Å². The Labute approximate surface area is 106 Å². The fourth-order valence-corrected chi connectivity index (χ4v) is 2.74. The highest BCUT2D eigenvalue weighted by Gasteiger charge is 2.37. The van der Waals surface area contributed by atoms with Gasteiger partial charge in [-0.05, 0) is 32.2 Å². The normalized spacial score (nSPS) is 24.9. The van der Waals surface area contributed by atoms with Crippen LogP contribution in [0.3, 0.4) is 0 Å². The first kappa shape index (κ1) is 15.3. The van der Waals surface area contributed by atoms with E-state index < -0.39 is 18.5 Å². The summed E-state index contributed by atoms with van der Waals surface area (Å²) >= 11 is 0. The standard InChI is InChI=1S/C12H21F3N2O/c1-2-17(11(18)7-12(13,14)15)10-6-4-3-5-9(10)8-16/h9-10H,2-8,16H2,1H3. The van der Waals surface area contributed by atoms with Gasteiger partial charge in [0.05, 0.1) is 0 Å². The first-order valence-electron chi connectivity index (χ1n) is 6.45. The number of hydrogen-bond acceptors (Lipinski definition) is 2. The zero-order chi connectivity index (χ0) is 13.8. The monoisotopic (exact) mass is 266 g/mol. The fraction of sp³-hybridized carbons (Fsp3) is 0.917. The van der Waals surface area contributed by atoms with Gasteiger partial charge in [-0.15, -0.1) is 0 Å². The molecule has 1 amide bonds. The Morgan fingerprint density at radius 3 is 2.44 bits per heavy atom. The molecule has 0 aromatic carbocycles. The molecule has 1 rings (SSSR count). The van der Waals surface area contributed by atoms with Gasteiger partial charge in [-0.25, -0.2) is 0 Å². The van der Waals surface area contributed by atoms with E-state index in [1.165, 1.54) is 4.90 Å². The van der Waals surface area contributed by atoms with Gasteiger partial charge in [0.25, 0.3) is 0 Å². The van der Waals surface area contributed by atoms with Crippen molar-refractivity contribution < 1.29 is 18.0 Å². The predicted molar refractivity (Wildman–Crippen MR) is 62.9 cm³/mol. The van der Waals surface area contributed by atoms with Gasteiger partial charge in [0, 0.05) is 12.6 Å². The first-order chi connectivity index (χ1) is 8.39. The Morgan fingerprint density at radius 2 is 1.94 bits per heavy atom. The molecule has 2 atom stereocenters. The van der Waals surface area contributed by atoms with Crippen molar-refractivity contribution in [1.29, 1.82) is 0 Å². The minimum absolute atomic E-state index is 0.122. The van der Waals surface area contributed by atoms with E-state index in [0.29, 0.717) is 13.1 Å². The molecule has 1 aliphatic rings. The zero-order valence-corrected chi connectivity index (χ0v) is 10.7. The first-order valence-corrected chi connectivity index (χ1v) is 6.45. The van der Waals surface area contributed by atoms with Crippen LogP contribution in [0.15, 0.2) is 0 Å². The van der Waals surface area contributed by atoms with Crippen LogP contribution in [0, 0.1) is 5.92 Å². The molecule has 6 heteroatoms. The molecule has 0 saturated heterocycles. The highest BCUT2D eigenvalue weighted by Crippen LogP contribution is 2.30. The Bertz CT molecular complexity index is 281. The van der Waals surface area contributed by atoms with Crippen molar-refractivity contribution in [3.05, 3.63) is 0 Å². The maximum Gasteiger partial charge on any atom is 0.397 e. The van der Waals surface area contributed by atoms with Crippen LogP contribution < -0.4 is 5.73 Å². The molecule has 0 aromatic heterocycles. The minimum Gasteiger partial charge on any atom is -0.339 e. The van der Waals surface area contributed by atoms with Crippen molar-refractivity contribution in [1.82, 2.24) is 4.90 Å². The Balaban J connectivity index is 2.71. The summed E-state index contributed by atoms with van der Waals surface area (Å²) in [4.78, 5) is 13.1. The van der Waals surface area contributed by atoms with Gasteiger partial charge in [0.1, 0.15) is 6.42 Å². The number of alkyl halides is 3. The molecule has 106 valence electrons. The third-order valence-electron chi connectivity index (χ3n) is 3.58. The Kier molecular flexibility index (Phi) is 5.44. The van der Waals surface area contributed by atoms with Crippen LogP contribution in [0.5, 0.6) is 0 Å². The van der Waals surface area contributed by atoms with Gasteiger partial charge >= 0.3 is 6.18 Å². The summed E-state index contributed by atoms with van der Waals surface area (Å²) < 4.78 is 36.8. The van der Waals surface area contributed by atoms with Crippen LogP contribution >= 0.6 is 0 Å². The molecule has 0 radical (unpaired) electrons. The number of rotatable bonds is 4. The second-order valence-electron chi connectivity index (χ2n) is 4.82. The van der Waals surface area contributed by atoms with Crippen LogP contribution in [0.25, 0.3) is 0 Å². The van der Waals surface area contributed by atoms with Gasteiger partial charge in [-0.3, -0.25) is 4.79 Å². The molecule has 2 unspecified atom stereocenters. The minimum atomic E-state index is -4.43. The zero-order valence-electron chi connectivity index (χ0n) is 10.7. The van der Waals surface area contributed by atoms with Gasteiger partial charge in [-0.1, -0.05) is 12.8 Å². The van der Waals surface area contributed by atoms with Gasteiger partial charge < -0.3 is 10.6 Å². The molecule has 0 aliphatic heterocycles. The number of hydrogen-bond donors (Lipinski definition) is 1. The number of halogens is 3. The second kappa shape index (κ2) is 6.41. The molecule has 18 heavy (non-hydrogen) atoms. The average molecular weight is 266 g/mol. The Morgan fingerprint density at radius 1 is 1.33 bits per heavy atom. The van der Waals surface area contributed by atoms with E-state index in [9.17, 15) is 18.0 Å². The molecular weight excluding hydrogens is 245 g/mol. The van der Waals surface area contributed by atoms with Crippen molar-refractivity contribution in [3.8, 4) is 0 Å². The van der Waals surface area contributed by atoms with Crippen molar-refractivity contribution in [2.75, 3.05) is 13.1 Å². The van der Waals surface area contributed by atoms with Gasteiger partial charge in [-0.2, -0.15) is 13.2 Å². The van der Waals surface area contributed by atoms with E-state index >= 15 is 0 Å². The summed E-state index contributed by atoms with van der Waals surface area (Å²) in [6, 6.07) is -0.122. The largest absolute Gasteiger partial charge is 0.397 e. The molecule has 0 bridgehead atoms. The maximum absolute atomic E-state index is 12.3. The van der Waals surface area contributed by atoms with Crippen LogP contribution in [0.4, 0.5) is 13.2 Å². The summed E-state index contributed by atoms with van der Waals surface area (Å²) in [6.07, 6.45) is -2.14. The lowest BCUT2D eigenvalue weighted by atomic mass is 9.83. The lowest BCUT2D eigenvalue weighted by Gasteiger charge is -2.39. The summed E-state index contributed by atoms with van der Waals surface area (Å²) in [7, 11) is 0. The van der Waals surface area contributed by atoms with E-state index in [-0.39, 0.29) is 12.0 Å². The van der Waals surface area contributed by atoms with Crippen molar-refractivity contribution >= 4 is 5.91 Å². The second-order valence-corrected chi connectivity index (χ2v) is 4.82. The predicted octanol–water partition coefficient (Wildman–Crippen LogP) is 2.30. The van der Waals surface area contributed by atoms with E-state index in [4.69, 9.17) is 5.73 Å². The number of carbonyl (C=O) groups excluding carboxylic acids is 1. The Hall–Kier alpha value is -0.780. The molecule has 0 aromatic rings. The third kappa shape index (κ3) is 4.15. The van der Waals surface area contributed by atoms with Gasteiger partial charge in [0.15, 0.2) is 0 Å². The smallest absolute Gasteiger partial charge is 0.339 e. The van der Waals surface area contributed by atoms with E-state index in [1.54, 1.807) is 6.92 Å².